The van der Waals surface area contributed by atoms with Crippen LogP contribution in [0.4, 0.5) is 0 Å². The summed E-state index contributed by atoms with van der Waals surface area (Å²) in [6, 6.07) is 20.8. The molecule has 6 fully saturated rings. The second kappa shape index (κ2) is 31.3. The molecule has 9 heterocycles. The molecule has 6 aromatic carbocycles. The molecular formula is C78H81N9O15. The average molecular weight is 1400 g/mol. The van der Waals surface area contributed by atoms with Gasteiger partial charge < -0.3 is 73.8 Å². The molecule has 4 unspecified atom stereocenters. The molecule has 0 aliphatic carbocycles. The maximum atomic E-state index is 13.1. The Morgan fingerprint density at radius 3 is 1.14 bits per heavy atom. The van der Waals surface area contributed by atoms with Gasteiger partial charge in [0, 0.05) is 89.6 Å². The fourth-order valence-corrected chi connectivity index (χ4v) is 12.6. The van der Waals surface area contributed by atoms with E-state index >= 15 is 0 Å². The third-order valence-electron chi connectivity index (χ3n) is 18.0. The van der Waals surface area contributed by atoms with Crippen molar-refractivity contribution in [2.75, 3.05) is 59.3 Å². The molecule has 24 heteroatoms. The van der Waals surface area contributed by atoms with Crippen LogP contribution in [0.5, 0.6) is 17.2 Å². The zero-order valence-electron chi connectivity index (χ0n) is 70.3. The Kier molecular flexibility index (Phi) is 16.3. The van der Waals surface area contributed by atoms with Crippen molar-refractivity contribution < 1.29 is 92.1 Å². The number of morpholine rings is 3. The molecule has 0 radical (unpaired) electrons. The van der Waals surface area contributed by atoms with Crippen LogP contribution in [0.25, 0.3) is 0 Å². The Morgan fingerprint density at radius 1 is 0.412 bits per heavy atom. The number of benzene rings is 6. The van der Waals surface area contributed by atoms with Crippen molar-refractivity contribution in [2.45, 2.75) is 115 Å². The summed E-state index contributed by atoms with van der Waals surface area (Å²) in [7, 11) is 0. The van der Waals surface area contributed by atoms with E-state index in [0.29, 0.717) is 89.0 Å². The fraction of sp³-hybridized carbons (Fsp3) is 0.346. The highest BCUT2D eigenvalue weighted by molar-refractivity contribution is 6.04. The third-order valence-corrected chi connectivity index (χ3v) is 18.0. The van der Waals surface area contributed by atoms with Gasteiger partial charge in [0.1, 0.15) is 74.9 Å². The molecule has 4 atom stereocenters. The van der Waals surface area contributed by atoms with Crippen LogP contribution in [0.2, 0.25) is 0 Å². The van der Waals surface area contributed by atoms with Crippen molar-refractivity contribution in [3.63, 3.8) is 0 Å². The maximum absolute atomic E-state index is 13.1. The van der Waals surface area contributed by atoms with E-state index in [4.69, 9.17) is 49.0 Å². The highest BCUT2D eigenvalue weighted by Crippen LogP contribution is 2.38. The van der Waals surface area contributed by atoms with Crippen LogP contribution in [-0.4, -0.2) is 160 Å². The number of hydrogen-bond donors (Lipinski definition) is 3. The van der Waals surface area contributed by atoms with E-state index in [1.807, 2.05) is 0 Å². The zero-order valence-corrected chi connectivity index (χ0v) is 55.3. The number of rotatable bonds is 18. The monoisotopic (exact) mass is 1400 g/mol. The summed E-state index contributed by atoms with van der Waals surface area (Å²) in [4.78, 5) is 121. The molecule has 9 aliphatic rings. The Hall–Kier alpha value is -11.0. The van der Waals surface area contributed by atoms with Crippen LogP contribution in [0, 0.1) is 0 Å². The summed E-state index contributed by atoms with van der Waals surface area (Å²) in [6.07, 6.45) is 2.93. The standard InChI is InChI=1S/3C26H27N3O5/c3*1-17-5-10-22(25(31)27-17)29-14-21-20(26(29)32)3-2-4-23(21)34-15-19-8-6-18(7-9-19)13-28-11-12-33-16-24(28)30/h3*2-4,6-9,22H,1,5,10-16H2,(H,27,31)/i6D,7D,13D,15D2;8D,13D2,15D2;6D,13D2,15D2. The highest BCUT2D eigenvalue weighted by atomic mass is 16.5. The molecular weight excluding hydrogens is 1300 g/mol. The van der Waals surface area contributed by atoms with Gasteiger partial charge in [0.05, 0.1) is 60.0 Å². The van der Waals surface area contributed by atoms with E-state index in [9.17, 15) is 43.2 Å². The number of nitrogens with one attached hydrogen (secondary N) is 3. The van der Waals surface area contributed by atoms with E-state index in [2.05, 4.69) is 35.7 Å². The number of hydrogen-bond acceptors (Lipinski definition) is 15. The number of amides is 9. The van der Waals surface area contributed by atoms with Gasteiger partial charge in [-0.15, -0.1) is 0 Å². The smallest absolute Gasteiger partial charge is 0.255 e. The lowest BCUT2D eigenvalue weighted by Gasteiger charge is -2.31. The van der Waals surface area contributed by atoms with Crippen molar-refractivity contribution in [1.29, 1.82) is 0 Å². The predicted molar refractivity (Wildman–Crippen MR) is 371 cm³/mol. The van der Waals surface area contributed by atoms with Gasteiger partial charge in [-0.05, 0) is 108 Å². The summed E-state index contributed by atoms with van der Waals surface area (Å²) in [5, 5.41) is 8.04. The van der Waals surface area contributed by atoms with Crippen LogP contribution in [0.15, 0.2) is 164 Å². The number of allylic oxidation sites excluding steroid dienone is 3. The van der Waals surface area contributed by atoms with Crippen molar-refractivity contribution in [1.82, 2.24) is 45.3 Å². The topological polar surface area (TPSA) is 265 Å². The summed E-state index contributed by atoms with van der Waals surface area (Å²) in [5.41, 5.74) is 3.66. The fourth-order valence-electron chi connectivity index (χ4n) is 12.6. The van der Waals surface area contributed by atoms with Crippen molar-refractivity contribution >= 4 is 53.2 Å². The molecule has 528 valence electrons. The number of ether oxygens (including phenoxy) is 6. The second-order valence-electron chi connectivity index (χ2n) is 24.8. The average Bonchev–Trinajstić information content (AvgIpc) is 1.58. The van der Waals surface area contributed by atoms with E-state index in [1.54, 1.807) is 36.4 Å². The van der Waals surface area contributed by atoms with Crippen molar-refractivity contribution in [2.24, 2.45) is 0 Å². The van der Waals surface area contributed by atoms with Crippen LogP contribution in [0.1, 0.15) is 140 Å². The first-order valence-corrected chi connectivity index (χ1v) is 33.0. The minimum absolute atomic E-state index is 0.0255. The molecule has 0 spiro atoms. The van der Waals surface area contributed by atoms with Crippen molar-refractivity contribution in [3.8, 4) is 17.2 Å². The molecule has 3 N–H and O–H groups in total. The highest BCUT2D eigenvalue weighted by Gasteiger charge is 2.43. The van der Waals surface area contributed by atoms with Gasteiger partial charge in [-0.2, -0.15) is 0 Å². The van der Waals surface area contributed by atoms with Crippen LogP contribution < -0.4 is 30.2 Å². The normalized spacial score (nSPS) is 23.6. The third kappa shape index (κ3) is 15.9. The molecule has 0 saturated carbocycles. The molecule has 9 amide bonds. The predicted octanol–water partition coefficient (Wildman–Crippen LogP) is 7.12. The van der Waals surface area contributed by atoms with Gasteiger partial charge in [-0.3, -0.25) is 43.2 Å². The summed E-state index contributed by atoms with van der Waals surface area (Å²) in [6.45, 7) is -1.57. The molecule has 9 aliphatic heterocycles. The SMILES string of the molecule is [2H]c1cc(C([2H])([2H])N2CCOCC2=O)ccc1C([2H])([2H])Oc1cccc2c1CN(C1CCC(=C)NC1=O)C2=O.[2H]c1cc(C([2H])([2H])Oc2cccc3c2CN(C2CCC(=C)NC2=O)C3=O)cc([2H])c1C([2H])N1CCOCC1=O.[2H]c1cc(C([2H])([2H])Oc2cccc3c2CN(C2CCC(=C)NC2=O)C3=O)ccc1C([2H])([2H])N1CCOCC1=O. The van der Waals surface area contributed by atoms with Crippen LogP contribution in [-0.2, 0) is 102 Å². The number of carbonyl (C=O) groups excluding carboxylic acids is 9. The first-order chi connectivity index (χ1) is 55.3. The molecule has 0 bridgehead atoms. The molecule has 102 heavy (non-hydrogen) atoms. The van der Waals surface area contributed by atoms with Gasteiger partial charge in [-0.25, -0.2) is 0 Å². The van der Waals surface area contributed by atoms with E-state index in [-0.39, 0.29) is 189 Å². The number of nitrogens with zero attached hydrogens (tertiary/aromatic N) is 6. The summed E-state index contributed by atoms with van der Waals surface area (Å²) < 4.78 is 160. The number of fused-ring (bicyclic) bond motifs is 3. The molecule has 15 rings (SSSR count). The largest absolute Gasteiger partial charge is 0.489 e. The first-order valence-electron chi connectivity index (χ1n) is 40.6. The second-order valence-corrected chi connectivity index (χ2v) is 24.8. The lowest BCUT2D eigenvalue weighted by Crippen LogP contribution is -2.49. The van der Waals surface area contributed by atoms with Crippen LogP contribution >= 0.6 is 0 Å². The Morgan fingerprint density at radius 2 is 0.745 bits per heavy atom. The minimum Gasteiger partial charge on any atom is -0.489 e. The van der Waals surface area contributed by atoms with Gasteiger partial charge in [0.25, 0.3) is 17.7 Å². The van der Waals surface area contributed by atoms with E-state index < -0.39 is 75.0 Å². The number of carbonyl (C=O) groups is 9. The minimum atomic E-state index is -2.51. The first kappa shape index (κ1) is 53.0. The van der Waals surface area contributed by atoms with Gasteiger partial charge in [-0.1, -0.05) is 111 Å². The summed E-state index contributed by atoms with van der Waals surface area (Å²) in [5.74, 6) is -3.14. The number of piperidine rings is 3. The zero-order chi connectivity index (χ0) is 84.3. The maximum Gasteiger partial charge on any atom is 0.255 e. The Bertz CT molecular complexity index is 5110. The Balaban J connectivity index is 0.000000152. The van der Waals surface area contributed by atoms with Crippen LogP contribution in [0.3, 0.4) is 0 Å². The molecule has 6 aromatic rings. The van der Waals surface area contributed by atoms with E-state index in [0.717, 1.165) is 15.9 Å². The quantitative estimate of drug-likeness (QED) is 0.0774. The van der Waals surface area contributed by atoms with Crippen molar-refractivity contribution in [3.05, 3.63) is 231 Å². The molecule has 6 saturated heterocycles. The lowest BCUT2D eigenvalue weighted by atomic mass is 10.0. The van der Waals surface area contributed by atoms with E-state index in [1.165, 1.54) is 80.3 Å². The van der Waals surface area contributed by atoms with Gasteiger partial charge >= 0.3 is 0 Å². The molecule has 0 aromatic heterocycles. The molecule has 24 nitrogen and oxygen atoms in total. The van der Waals surface area contributed by atoms with Gasteiger partial charge in [0.15, 0.2) is 0 Å². The lowest BCUT2D eigenvalue weighted by molar-refractivity contribution is -0.144. The summed E-state index contributed by atoms with van der Waals surface area (Å²) >= 11 is 0. The Labute approximate surface area is 611 Å². The van der Waals surface area contributed by atoms with Gasteiger partial charge in [0.2, 0.25) is 35.4 Å².